The van der Waals surface area contributed by atoms with Crippen molar-refractivity contribution in [3.05, 3.63) is 163 Å². The van der Waals surface area contributed by atoms with Crippen LogP contribution < -0.4 is 4.90 Å². The van der Waals surface area contributed by atoms with E-state index in [0.29, 0.717) is 0 Å². The molecule has 254 valence electrons. The van der Waals surface area contributed by atoms with Crippen molar-refractivity contribution in [2.75, 3.05) is 4.90 Å². The van der Waals surface area contributed by atoms with E-state index in [1.54, 1.807) is 17.3 Å². The van der Waals surface area contributed by atoms with E-state index in [2.05, 4.69) is 137 Å². The van der Waals surface area contributed by atoms with Crippen LogP contribution in [0.15, 0.2) is 152 Å². The lowest BCUT2D eigenvalue weighted by atomic mass is 9.43. The number of aliphatic imine (C=N–C) groups is 1. The minimum atomic E-state index is 0.152. The molecule has 1 spiro atoms. The van der Waals surface area contributed by atoms with Crippen molar-refractivity contribution < 1.29 is 0 Å². The maximum absolute atomic E-state index is 4.43. The molecule has 3 nitrogen and oxygen atoms in total. The smallest absolute Gasteiger partial charge is 0.0540 e. The highest BCUT2D eigenvalue weighted by Gasteiger charge is 2.61. The number of benzene rings is 5. The summed E-state index contributed by atoms with van der Waals surface area (Å²) in [5, 5.41) is 2.36. The van der Waals surface area contributed by atoms with E-state index in [4.69, 9.17) is 0 Å². The van der Waals surface area contributed by atoms with Crippen LogP contribution in [0.2, 0.25) is 0 Å². The standard InChI is InChI=1S/C49H43N3/c1-3-50-23-20-32(2)41-17-19-48(44-10-5-4-8-42(41)44)52(39-14-12-35(13-15-39)36-21-24-51-25-22-36)40-16-18-47-45(31-40)43-9-6-7-11-46(43)49(47)37-27-33-26-34(29-37)30-38(49)28-33/h3-25,31,33-34,37-38H,2,26-30H2,1H3/b23-20-,50-3?. The molecule has 5 aliphatic rings. The number of aromatic nitrogens is 1. The van der Waals surface area contributed by atoms with Gasteiger partial charge in [-0.1, -0.05) is 79.4 Å². The topological polar surface area (TPSA) is 28.5 Å². The molecule has 0 aliphatic heterocycles. The van der Waals surface area contributed by atoms with Gasteiger partial charge in [-0.25, -0.2) is 0 Å². The third-order valence-electron chi connectivity index (χ3n) is 12.9. The van der Waals surface area contributed by atoms with E-state index in [-0.39, 0.29) is 5.41 Å². The summed E-state index contributed by atoms with van der Waals surface area (Å²) >= 11 is 0. The zero-order valence-electron chi connectivity index (χ0n) is 29.8. The summed E-state index contributed by atoms with van der Waals surface area (Å²) < 4.78 is 0. The molecule has 0 N–H and O–H groups in total. The van der Waals surface area contributed by atoms with Crippen molar-refractivity contribution in [2.24, 2.45) is 28.7 Å². The second kappa shape index (κ2) is 12.3. The van der Waals surface area contributed by atoms with Crippen molar-refractivity contribution in [1.82, 2.24) is 4.98 Å². The monoisotopic (exact) mass is 673 g/mol. The van der Waals surface area contributed by atoms with E-state index < -0.39 is 0 Å². The minimum absolute atomic E-state index is 0.152. The van der Waals surface area contributed by atoms with E-state index >= 15 is 0 Å². The summed E-state index contributed by atoms with van der Waals surface area (Å²) in [6.45, 7) is 6.36. The Morgan fingerprint density at radius 2 is 1.35 bits per heavy atom. The van der Waals surface area contributed by atoms with E-state index in [9.17, 15) is 0 Å². The maximum Gasteiger partial charge on any atom is 0.0540 e. The van der Waals surface area contributed by atoms with Gasteiger partial charge in [0.05, 0.1) is 5.69 Å². The van der Waals surface area contributed by atoms with Gasteiger partial charge in [0.15, 0.2) is 0 Å². The average molecular weight is 674 g/mol. The van der Waals surface area contributed by atoms with Crippen molar-refractivity contribution in [2.45, 2.75) is 44.4 Å². The molecule has 11 rings (SSSR count). The fraction of sp³-hybridized carbons (Fsp3) is 0.224. The van der Waals surface area contributed by atoms with Gasteiger partial charge in [0.25, 0.3) is 0 Å². The number of fused-ring (bicyclic) bond motifs is 4. The number of hydrogen-bond acceptors (Lipinski definition) is 3. The van der Waals surface area contributed by atoms with Gasteiger partial charge in [-0.05, 0) is 161 Å². The third-order valence-corrected chi connectivity index (χ3v) is 12.9. The molecule has 52 heavy (non-hydrogen) atoms. The van der Waals surface area contributed by atoms with E-state index in [1.807, 2.05) is 31.6 Å². The maximum atomic E-state index is 4.43. The summed E-state index contributed by atoms with van der Waals surface area (Å²) in [6, 6.07) is 43.3. The van der Waals surface area contributed by atoms with Gasteiger partial charge >= 0.3 is 0 Å². The molecule has 4 bridgehead atoms. The van der Waals surface area contributed by atoms with Crippen molar-refractivity contribution in [3.8, 4) is 22.3 Å². The lowest BCUT2D eigenvalue weighted by Crippen LogP contribution is -2.55. The van der Waals surface area contributed by atoms with Crippen molar-refractivity contribution >= 4 is 39.6 Å². The van der Waals surface area contributed by atoms with Crippen LogP contribution in [0.3, 0.4) is 0 Å². The van der Waals surface area contributed by atoms with Gasteiger partial charge in [0.1, 0.15) is 0 Å². The first kappa shape index (κ1) is 31.2. The molecule has 0 radical (unpaired) electrons. The molecular formula is C49H43N3. The Labute approximate surface area is 307 Å². The number of nitrogens with zero attached hydrogens (tertiary/aromatic N) is 3. The normalized spacial score (nSPS) is 23.9. The fourth-order valence-corrected chi connectivity index (χ4v) is 11.1. The van der Waals surface area contributed by atoms with E-state index in [0.717, 1.165) is 51.7 Å². The molecule has 4 saturated carbocycles. The van der Waals surface area contributed by atoms with Crippen LogP contribution in [0.4, 0.5) is 17.1 Å². The second-order valence-electron chi connectivity index (χ2n) is 15.5. The zero-order valence-corrected chi connectivity index (χ0v) is 29.8. The molecule has 0 atom stereocenters. The zero-order chi connectivity index (χ0) is 34.8. The average Bonchev–Trinajstić information content (AvgIpc) is 3.47. The molecule has 0 saturated heterocycles. The first-order valence-electron chi connectivity index (χ1n) is 19.0. The highest BCUT2D eigenvalue weighted by atomic mass is 15.1. The number of pyridine rings is 1. The molecular weight excluding hydrogens is 631 g/mol. The van der Waals surface area contributed by atoms with Gasteiger partial charge < -0.3 is 4.90 Å². The van der Waals surface area contributed by atoms with Crippen LogP contribution >= 0.6 is 0 Å². The Morgan fingerprint density at radius 3 is 2.10 bits per heavy atom. The van der Waals surface area contributed by atoms with Crippen LogP contribution in [-0.2, 0) is 5.41 Å². The number of rotatable bonds is 7. The summed E-state index contributed by atoms with van der Waals surface area (Å²) in [4.78, 5) is 11.0. The molecule has 0 unspecified atom stereocenters. The molecule has 0 amide bonds. The second-order valence-corrected chi connectivity index (χ2v) is 15.5. The van der Waals surface area contributed by atoms with Crippen molar-refractivity contribution in [1.29, 1.82) is 0 Å². The highest BCUT2D eigenvalue weighted by Crippen LogP contribution is 2.69. The number of anilines is 3. The molecule has 4 fully saturated rings. The van der Waals surface area contributed by atoms with Gasteiger partial charge in [0, 0.05) is 47.0 Å². The predicted octanol–water partition coefficient (Wildman–Crippen LogP) is 12.7. The lowest BCUT2D eigenvalue weighted by molar-refractivity contribution is -0.0399. The van der Waals surface area contributed by atoms with Crippen LogP contribution in [0, 0.1) is 23.7 Å². The van der Waals surface area contributed by atoms with Gasteiger partial charge in [0.2, 0.25) is 0 Å². The van der Waals surface area contributed by atoms with Crippen LogP contribution in [0.1, 0.15) is 55.7 Å². The molecule has 1 aromatic heterocycles. The Hall–Kier alpha value is -5.54. The largest absolute Gasteiger partial charge is 0.310 e. The quantitative estimate of drug-likeness (QED) is 0.125. The molecule has 6 aromatic rings. The summed E-state index contributed by atoms with van der Waals surface area (Å²) in [5.74, 6) is 3.35. The Morgan fingerprint density at radius 1 is 0.692 bits per heavy atom. The Kier molecular flexibility index (Phi) is 7.39. The van der Waals surface area contributed by atoms with E-state index in [1.165, 1.54) is 65.3 Å². The summed E-state index contributed by atoms with van der Waals surface area (Å²) in [6.07, 6.45) is 16.4. The first-order valence-corrected chi connectivity index (χ1v) is 19.0. The van der Waals surface area contributed by atoms with Crippen LogP contribution in [-0.4, -0.2) is 11.2 Å². The number of hydrogen-bond donors (Lipinski definition) is 0. The number of allylic oxidation sites excluding steroid dienone is 2. The molecule has 1 heterocycles. The lowest BCUT2D eigenvalue weighted by Gasteiger charge is -2.61. The summed E-state index contributed by atoms with van der Waals surface area (Å²) in [5.41, 5.74) is 14.0. The third kappa shape index (κ3) is 4.71. The molecule has 3 heteroatoms. The Balaban J connectivity index is 1.16. The van der Waals surface area contributed by atoms with Gasteiger partial charge in [-0.15, -0.1) is 0 Å². The Bertz CT molecular complexity index is 2370. The summed E-state index contributed by atoms with van der Waals surface area (Å²) in [7, 11) is 0. The van der Waals surface area contributed by atoms with Crippen LogP contribution in [0.25, 0.3) is 38.6 Å². The first-order chi connectivity index (χ1) is 25.6. The highest BCUT2D eigenvalue weighted by molar-refractivity contribution is 6.05. The minimum Gasteiger partial charge on any atom is -0.310 e. The molecule has 5 aliphatic carbocycles. The fourth-order valence-electron chi connectivity index (χ4n) is 11.1. The molecule has 5 aromatic carbocycles. The van der Waals surface area contributed by atoms with Gasteiger partial charge in [-0.3, -0.25) is 9.98 Å². The predicted molar refractivity (Wildman–Crippen MR) is 217 cm³/mol. The van der Waals surface area contributed by atoms with Gasteiger partial charge in [-0.2, -0.15) is 0 Å². The van der Waals surface area contributed by atoms with Crippen molar-refractivity contribution in [3.63, 3.8) is 0 Å². The SMILES string of the molecule is C=C(/C=C\N=CC)c1ccc(N(c2ccc(-c3ccncc3)cc2)c2ccc3c(c2)-c2ccccc2C32C3CC4CC(C3)CC2C4)c2ccccc12. The van der Waals surface area contributed by atoms with Crippen LogP contribution in [0.5, 0.6) is 0 Å².